The Hall–Kier alpha value is 0.150. The SMILES string of the molecule is CN1CCCCOP1(C)=O. The highest BCUT2D eigenvalue weighted by molar-refractivity contribution is 7.55. The molecule has 4 heteroatoms. The van der Waals surface area contributed by atoms with Crippen LogP contribution in [0.5, 0.6) is 0 Å². The summed E-state index contributed by atoms with van der Waals surface area (Å²) in [5.41, 5.74) is 0. The monoisotopic (exact) mass is 163 g/mol. The van der Waals surface area contributed by atoms with Crippen LogP contribution in [0.3, 0.4) is 0 Å². The maximum atomic E-state index is 11.5. The Morgan fingerprint density at radius 2 is 2.20 bits per heavy atom. The lowest BCUT2D eigenvalue weighted by Crippen LogP contribution is -2.14. The van der Waals surface area contributed by atoms with Gasteiger partial charge in [-0.25, -0.2) is 4.67 Å². The first-order chi connectivity index (χ1) is 4.63. The van der Waals surface area contributed by atoms with E-state index in [4.69, 9.17) is 4.52 Å². The van der Waals surface area contributed by atoms with Gasteiger partial charge in [0.1, 0.15) is 0 Å². The van der Waals surface area contributed by atoms with Crippen molar-refractivity contribution in [3.63, 3.8) is 0 Å². The molecule has 10 heavy (non-hydrogen) atoms. The van der Waals surface area contributed by atoms with Crippen molar-refractivity contribution in [1.82, 2.24) is 4.67 Å². The summed E-state index contributed by atoms with van der Waals surface area (Å²) in [6.07, 6.45) is 2.12. The molecular weight excluding hydrogens is 149 g/mol. The highest BCUT2D eigenvalue weighted by Crippen LogP contribution is 2.47. The molecule has 0 radical (unpaired) electrons. The van der Waals surface area contributed by atoms with Gasteiger partial charge in [-0.2, -0.15) is 0 Å². The van der Waals surface area contributed by atoms with Crippen molar-refractivity contribution in [2.24, 2.45) is 0 Å². The summed E-state index contributed by atoms with van der Waals surface area (Å²) in [5.74, 6) is 0. The lowest BCUT2D eigenvalue weighted by atomic mass is 10.3. The molecule has 0 amide bonds. The second-order valence-corrected chi connectivity index (χ2v) is 5.27. The van der Waals surface area contributed by atoms with Gasteiger partial charge < -0.3 is 4.52 Å². The van der Waals surface area contributed by atoms with E-state index in [1.54, 1.807) is 6.66 Å². The summed E-state index contributed by atoms with van der Waals surface area (Å²) < 4.78 is 18.5. The van der Waals surface area contributed by atoms with Crippen molar-refractivity contribution in [2.45, 2.75) is 12.8 Å². The first-order valence-electron chi connectivity index (χ1n) is 3.56. The molecular formula is C6H14NO2P. The Kier molecular flexibility index (Phi) is 2.50. The van der Waals surface area contributed by atoms with Crippen LogP contribution >= 0.6 is 7.52 Å². The van der Waals surface area contributed by atoms with Crippen LogP contribution < -0.4 is 0 Å². The van der Waals surface area contributed by atoms with E-state index in [0.717, 1.165) is 19.4 Å². The molecule has 0 bridgehead atoms. The Labute approximate surface area is 61.9 Å². The largest absolute Gasteiger partial charge is 0.318 e. The third-order valence-corrected chi connectivity index (χ3v) is 3.93. The van der Waals surface area contributed by atoms with E-state index in [0.29, 0.717) is 6.61 Å². The van der Waals surface area contributed by atoms with Crippen molar-refractivity contribution < 1.29 is 9.09 Å². The summed E-state index contributed by atoms with van der Waals surface area (Å²) in [5, 5.41) is 0. The van der Waals surface area contributed by atoms with Crippen molar-refractivity contribution >= 4 is 7.52 Å². The Morgan fingerprint density at radius 1 is 1.50 bits per heavy atom. The fraction of sp³-hybridized carbons (Fsp3) is 1.00. The average Bonchev–Trinajstić information content (AvgIpc) is 1.96. The molecule has 1 atom stereocenters. The smallest absolute Gasteiger partial charge is 0.269 e. The third kappa shape index (κ3) is 1.82. The zero-order chi connectivity index (χ0) is 7.61. The van der Waals surface area contributed by atoms with Crippen LogP contribution in [0.4, 0.5) is 0 Å². The van der Waals surface area contributed by atoms with Gasteiger partial charge in [-0.3, -0.25) is 4.57 Å². The topological polar surface area (TPSA) is 29.5 Å². The van der Waals surface area contributed by atoms with Gasteiger partial charge in [0.15, 0.2) is 0 Å². The fourth-order valence-corrected chi connectivity index (χ4v) is 2.13. The molecule has 0 aliphatic carbocycles. The molecule has 1 saturated heterocycles. The highest BCUT2D eigenvalue weighted by Gasteiger charge is 2.23. The van der Waals surface area contributed by atoms with Crippen molar-refractivity contribution in [3.8, 4) is 0 Å². The van der Waals surface area contributed by atoms with Crippen molar-refractivity contribution in [1.29, 1.82) is 0 Å². The predicted molar refractivity (Wildman–Crippen MR) is 41.3 cm³/mol. The summed E-state index contributed by atoms with van der Waals surface area (Å²) >= 11 is 0. The van der Waals surface area contributed by atoms with Crippen LogP contribution in [-0.2, 0) is 9.09 Å². The van der Waals surface area contributed by atoms with Gasteiger partial charge in [0.25, 0.3) is 7.52 Å². The van der Waals surface area contributed by atoms with Gasteiger partial charge in [0.2, 0.25) is 0 Å². The zero-order valence-electron chi connectivity index (χ0n) is 6.54. The lowest BCUT2D eigenvalue weighted by molar-refractivity contribution is 0.299. The molecule has 3 nitrogen and oxygen atoms in total. The molecule has 0 aromatic carbocycles. The molecule has 1 aliphatic heterocycles. The number of rotatable bonds is 0. The zero-order valence-corrected chi connectivity index (χ0v) is 7.43. The van der Waals surface area contributed by atoms with E-state index < -0.39 is 7.52 Å². The third-order valence-electron chi connectivity index (χ3n) is 1.83. The van der Waals surface area contributed by atoms with E-state index in [2.05, 4.69) is 0 Å². The molecule has 1 aliphatic rings. The standard InChI is InChI=1S/C6H14NO2P/c1-7-5-3-4-6-9-10(7,2)8/h3-6H2,1-2H3. The minimum absolute atomic E-state index is 0.651. The van der Waals surface area contributed by atoms with Crippen LogP contribution in [0.2, 0.25) is 0 Å². The van der Waals surface area contributed by atoms with E-state index in [1.807, 2.05) is 11.7 Å². The fourth-order valence-electron chi connectivity index (χ4n) is 0.957. The minimum atomic E-state index is -2.39. The van der Waals surface area contributed by atoms with Gasteiger partial charge in [-0.05, 0) is 19.9 Å². The van der Waals surface area contributed by atoms with Gasteiger partial charge in [-0.15, -0.1) is 0 Å². The molecule has 1 fully saturated rings. The first kappa shape index (κ1) is 8.25. The summed E-state index contributed by atoms with van der Waals surface area (Å²) in [7, 11) is -0.534. The van der Waals surface area contributed by atoms with E-state index >= 15 is 0 Å². The van der Waals surface area contributed by atoms with Gasteiger partial charge in [0, 0.05) is 13.2 Å². The molecule has 60 valence electrons. The van der Waals surface area contributed by atoms with E-state index in [9.17, 15) is 4.57 Å². The Balaban J connectivity index is 2.61. The predicted octanol–water partition coefficient (Wildman–Crippen LogP) is 1.55. The van der Waals surface area contributed by atoms with Crippen molar-refractivity contribution in [3.05, 3.63) is 0 Å². The van der Waals surface area contributed by atoms with E-state index in [-0.39, 0.29) is 0 Å². The van der Waals surface area contributed by atoms with Crippen LogP contribution in [0.1, 0.15) is 12.8 Å². The van der Waals surface area contributed by atoms with Crippen LogP contribution in [0, 0.1) is 0 Å². The molecule has 1 rings (SSSR count). The second-order valence-electron chi connectivity index (χ2n) is 2.72. The number of hydrogen-bond donors (Lipinski definition) is 0. The maximum Gasteiger partial charge on any atom is 0.269 e. The second kappa shape index (κ2) is 3.04. The van der Waals surface area contributed by atoms with E-state index in [1.165, 1.54) is 0 Å². The highest BCUT2D eigenvalue weighted by atomic mass is 31.2. The molecule has 1 unspecified atom stereocenters. The Bertz CT molecular complexity index is 160. The molecule has 0 spiro atoms. The van der Waals surface area contributed by atoms with Crippen LogP contribution in [0.15, 0.2) is 0 Å². The average molecular weight is 163 g/mol. The van der Waals surface area contributed by atoms with Crippen molar-refractivity contribution in [2.75, 3.05) is 26.9 Å². The van der Waals surface area contributed by atoms with Gasteiger partial charge >= 0.3 is 0 Å². The molecule has 0 saturated carbocycles. The normalized spacial score (nSPS) is 37.4. The molecule has 0 aromatic rings. The number of nitrogens with zero attached hydrogens (tertiary/aromatic N) is 1. The quantitative estimate of drug-likeness (QED) is 0.507. The summed E-state index contributed by atoms with van der Waals surface area (Å²) in [4.78, 5) is 0. The molecule has 0 aromatic heterocycles. The van der Waals surface area contributed by atoms with Crippen LogP contribution in [0.25, 0.3) is 0 Å². The number of hydrogen-bond acceptors (Lipinski definition) is 2. The first-order valence-corrected chi connectivity index (χ1v) is 5.59. The lowest BCUT2D eigenvalue weighted by Gasteiger charge is -2.20. The minimum Gasteiger partial charge on any atom is -0.318 e. The van der Waals surface area contributed by atoms with Crippen LogP contribution in [-0.4, -0.2) is 31.5 Å². The molecule has 1 heterocycles. The summed E-state index contributed by atoms with van der Waals surface area (Å²) in [6.45, 7) is 3.23. The Morgan fingerprint density at radius 3 is 2.90 bits per heavy atom. The maximum absolute atomic E-state index is 11.5. The van der Waals surface area contributed by atoms with Gasteiger partial charge in [-0.1, -0.05) is 0 Å². The summed E-state index contributed by atoms with van der Waals surface area (Å²) in [6, 6.07) is 0. The van der Waals surface area contributed by atoms with Gasteiger partial charge in [0.05, 0.1) is 6.61 Å². The molecule has 0 N–H and O–H groups in total.